The molecular formula is C14H18BrNO2. The number of hydrogen-bond donors (Lipinski definition) is 0. The molecule has 1 fully saturated rings. The molecule has 98 valence electrons. The van der Waals surface area contributed by atoms with Crippen LogP contribution in [0.4, 0.5) is 5.69 Å². The van der Waals surface area contributed by atoms with Gasteiger partial charge in [0.05, 0.1) is 6.61 Å². The van der Waals surface area contributed by atoms with Gasteiger partial charge in [-0.1, -0.05) is 22.9 Å². The van der Waals surface area contributed by atoms with Gasteiger partial charge in [-0.15, -0.1) is 0 Å². The Balaban J connectivity index is 2.03. The summed E-state index contributed by atoms with van der Waals surface area (Å²) in [6.45, 7) is 3.62. The summed E-state index contributed by atoms with van der Waals surface area (Å²) in [5.74, 6) is 1.50. The van der Waals surface area contributed by atoms with Crippen molar-refractivity contribution < 1.29 is 9.53 Å². The number of carbonyl (C=O) groups excluding carboxylic acids is 1. The molecule has 0 bridgehead atoms. The Morgan fingerprint density at radius 3 is 2.67 bits per heavy atom. The van der Waals surface area contributed by atoms with E-state index in [1.165, 1.54) is 0 Å². The number of carbonyl (C=O) groups is 1. The number of benzene rings is 1. The Morgan fingerprint density at radius 2 is 2.11 bits per heavy atom. The predicted molar refractivity (Wildman–Crippen MR) is 76.5 cm³/mol. The molecule has 1 aliphatic heterocycles. The minimum absolute atomic E-state index is 0.210. The molecule has 0 aliphatic carbocycles. The third-order valence-electron chi connectivity index (χ3n) is 3.04. The molecule has 1 aliphatic rings. The van der Waals surface area contributed by atoms with E-state index in [1.807, 2.05) is 29.2 Å². The van der Waals surface area contributed by atoms with Gasteiger partial charge in [0.1, 0.15) is 5.75 Å². The van der Waals surface area contributed by atoms with Crippen LogP contribution in [0.2, 0.25) is 0 Å². The number of anilines is 1. The molecule has 0 aromatic heterocycles. The zero-order valence-electron chi connectivity index (χ0n) is 10.6. The normalized spacial score (nSPS) is 19.3. The highest BCUT2D eigenvalue weighted by atomic mass is 79.9. The lowest BCUT2D eigenvalue weighted by Crippen LogP contribution is -2.24. The van der Waals surface area contributed by atoms with Gasteiger partial charge < -0.3 is 9.64 Å². The molecule has 3 nitrogen and oxygen atoms in total. The van der Waals surface area contributed by atoms with Crippen molar-refractivity contribution in [2.24, 2.45) is 5.92 Å². The van der Waals surface area contributed by atoms with E-state index in [1.54, 1.807) is 0 Å². The second-order valence-electron chi connectivity index (χ2n) is 4.57. The van der Waals surface area contributed by atoms with Crippen LogP contribution >= 0.6 is 15.9 Å². The summed E-state index contributed by atoms with van der Waals surface area (Å²) in [7, 11) is 0. The molecule has 1 heterocycles. The SMILES string of the molecule is CCCOc1ccc(N2CC(CBr)CC2=O)cc1. The van der Waals surface area contributed by atoms with Crippen LogP contribution in [0.1, 0.15) is 19.8 Å². The molecule has 0 saturated carbocycles. The molecule has 0 N–H and O–H groups in total. The number of rotatable bonds is 5. The third-order valence-corrected chi connectivity index (χ3v) is 3.96. The molecule has 1 unspecified atom stereocenters. The van der Waals surface area contributed by atoms with Crippen LogP contribution in [0.15, 0.2) is 24.3 Å². The topological polar surface area (TPSA) is 29.5 Å². The first kappa shape index (κ1) is 13.4. The highest BCUT2D eigenvalue weighted by Crippen LogP contribution is 2.27. The van der Waals surface area contributed by atoms with Crippen molar-refractivity contribution in [2.75, 3.05) is 23.4 Å². The fourth-order valence-electron chi connectivity index (χ4n) is 2.08. The van der Waals surface area contributed by atoms with Crippen molar-refractivity contribution >= 4 is 27.5 Å². The van der Waals surface area contributed by atoms with Crippen molar-refractivity contribution in [1.82, 2.24) is 0 Å². The van der Waals surface area contributed by atoms with E-state index in [0.717, 1.165) is 36.3 Å². The Labute approximate surface area is 116 Å². The molecule has 2 rings (SSSR count). The fourth-order valence-corrected chi connectivity index (χ4v) is 2.51. The van der Waals surface area contributed by atoms with Crippen LogP contribution in [0, 0.1) is 5.92 Å². The largest absolute Gasteiger partial charge is 0.494 e. The van der Waals surface area contributed by atoms with Crippen LogP contribution in [-0.2, 0) is 4.79 Å². The summed E-state index contributed by atoms with van der Waals surface area (Å²) in [6, 6.07) is 7.78. The van der Waals surface area contributed by atoms with Gasteiger partial charge in [0.25, 0.3) is 0 Å². The molecule has 1 amide bonds. The van der Waals surface area contributed by atoms with Crippen molar-refractivity contribution in [3.8, 4) is 5.75 Å². The van der Waals surface area contributed by atoms with E-state index < -0.39 is 0 Å². The Hall–Kier alpha value is -1.03. The van der Waals surface area contributed by atoms with Gasteiger partial charge in [-0.3, -0.25) is 4.79 Å². The van der Waals surface area contributed by atoms with E-state index in [-0.39, 0.29) is 5.91 Å². The monoisotopic (exact) mass is 311 g/mol. The number of halogens is 1. The first-order valence-corrected chi connectivity index (χ1v) is 7.46. The van der Waals surface area contributed by atoms with Crippen LogP contribution in [0.5, 0.6) is 5.75 Å². The summed E-state index contributed by atoms with van der Waals surface area (Å²) in [5.41, 5.74) is 0.965. The van der Waals surface area contributed by atoms with E-state index in [9.17, 15) is 4.79 Å². The molecule has 1 aromatic carbocycles. The lowest BCUT2D eigenvalue weighted by Gasteiger charge is -2.17. The average molecular weight is 312 g/mol. The van der Waals surface area contributed by atoms with Gasteiger partial charge in [0.15, 0.2) is 0 Å². The van der Waals surface area contributed by atoms with Crippen LogP contribution in [-0.4, -0.2) is 24.4 Å². The molecule has 0 radical (unpaired) electrons. The summed E-state index contributed by atoms with van der Waals surface area (Å²) in [4.78, 5) is 13.7. The average Bonchev–Trinajstić information content (AvgIpc) is 2.78. The molecule has 4 heteroatoms. The van der Waals surface area contributed by atoms with Crippen molar-refractivity contribution in [2.45, 2.75) is 19.8 Å². The van der Waals surface area contributed by atoms with Crippen LogP contribution < -0.4 is 9.64 Å². The Bertz CT molecular complexity index is 405. The van der Waals surface area contributed by atoms with Crippen molar-refractivity contribution in [1.29, 1.82) is 0 Å². The summed E-state index contributed by atoms with van der Waals surface area (Å²) in [6.07, 6.45) is 1.64. The lowest BCUT2D eigenvalue weighted by atomic mass is 10.2. The second kappa shape index (κ2) is 6.23. The zero-order valence-corrected chi connectivity index (χ0v) is 12.1. The van der Waals surface area contributed by atoms with Crippen LogP contribution in [0.3, 0.4) is 0 Å². The van der Waals surface area contributed by atoms with Crippen LogP contribution in [0.25, 0.3) is 0 Å². The number of amides is 1. The lowest BCUT2D eigenvalue weighted by molar-refractivity contribution is -0.117. The molecule has 18 heavy (non-hydrogen) atoms. The fraction of sp³-hybridized carbons (Fsp3) is 0.500. The standard InChI is InChI=1S/C14H18BrNO2/c1-2-7-18-13-5-3-12(4-6-13)16-10-11(9-15)8-14(16)17/h3-6,11H,2,7-10H2,1H3. The van der Waals surface area contributed by atoms with Gasteiger partial charge in [-0.05, 0) is 36.6 Å². The Kier molecular flexibility index (Phi) is 4.64. The zero-order chi connectivity index (χ0) is 13.0. The second-order valence-corrected chi connectivity index (χ2v) is 5.22. The quantitative estimate of drug-likeness (QED) is 0.781. The van der Waals surface area contributed by atoms with Crippen molar-refractivity contribution in [3.63, 3.8) is 0 Å². The minimum atomic E-state index is 0.210. The number of nitrogens with zero attached hydrogens (tertiary/aromatic N) is 1. The maximum atomic E-state index is 11.9. The van der Waals surface area contributed by atoms with Gasteiger partial charge in [0.2, 0.25) is 5.91 Å². The maximum Gasteiger partial charge on any atom is 0.227 e. The number of alkyl halides is 1. The smallest absolute Gasteiger partial charge is 0.227 e. The first-order chi connectivity index (χ1) is 8.74. The Morgan fingerprint density at radius 1 is 1.39 bits per heavy atom. The molecular weight excluding hydrogens is 294 g/mol. The minimum Gasteiger partial charge on any atom is -0.494 e. The first-order valence-electron chi connectivity index (χ1n) is 6.33. The number of ether oxygens (including phenoxy) is 1. The van der Waals surface area contributed by atoms with Gasteiger partial charge >= 0.3 is 0 Å². The van der Waals surface area contributed by atoms with Gasteiger partial charge in [-0.2, -0.15) is 0 Å². The van der Waals surface area contributed by atoms with E-state index in [4.69, 9.17) is 4.74 Å². The third kappa shape index (κ3) is 3.05. The van der Waals surface area contributed by atoms with Gasteiger partial charge in [-0.25, -0.2) is 0 Å². The molecule has 1 saturated heterocycles. The highest BCUT2D eigenvalue weighted by Gasteiger charge is 2.29. The van der Waals surface area contributed by atoms with E-state index in [2.05, 4.69) is 22.9 Å². The molecule has 1 atom stereocenters. The maximum absolute atomic E-state index is 11.9. The van der Waals surface area contributed by atoms with E-state index >= 15 is 0 Å². The summed E-state index contributed by atoms with van der Waals surface area (Å²) >= 11 is 3.44. The summed E-state index contributed by atoms with van der Waals surface area (Å²) < 4.78 is 5.53. The predicted octanol–water partition coefficient (Wildman–Crippen LogP) is 3.22. The number of hydrogen-bond acceptors (Lipinski definition) is 2. The van der Waals surface area contributed by atoms with Crippen molar-refractivity contribution in [3.05, 3.63) is 24.3 Å². The van der Waals surface area contributed by atoms with E-state index in [0.29, 0.717) is 12.3 Å². The summed E-state index contributed by atoms with van der Waals surface area (Å²) in [5, 5.41) is 0.882. The molecule has 0 spiro atoms. The highest BCUT2D eigenvalue weighted by molar-refractivity contribution is 9.09. The molecule has 1 aromatic rings. The van der Waals surface area contributed by atoms with Gasteiger partial charge in [0, 0.05) is 24.0 Å².